The number of esters is 1. The predicted molar refractivity (Wildman–Crippen MR) is 119 cm³/mol. The van der Waals surface area contributed by atoms with E-state index in [-0.39, 0.29) is 21.8 Å². The number of hydrogen-bond donors (Lipinski definition) is 1. The molecule has 0 bridgehead atoms. The molecule has 166 valence electrons. The first kappa shape index (κ1) is 23.0. The van der Waals surface area contributed by atoms with Gasteiger partial charge < -0.3 is 10.1 Å². The number of carbonyl (C=O) groups excluding carboxylic acids is 2. The summed E-state index contributed by atoms with van der Waals surface area (Å²) in [5.74, 6) is -2.09. The number of para-hydroxylation sites is 1. The highest BCUT2D eigenvalue weighted by Crippen LogP contribution is 2.26. The van der Waals surface area contributed by atoms with E-state index in [1.807, 2.05) is 0 Å². The first-order chi connectivity index (χ1) is 15.2. The fourth-order valence-electron chi connectivity index (χ4n) is 2.96. The van der Waals surface area contributed by atoms with Gasteiger partial charge in [-0.15, -0.1) is 0 Å². The summed E-state index contributed by atoms with van der Waals surface area (Å²) in [5, 5.41) is 2.54. The van der Waals surface area contributed by atoms with Crippen LogP contribution in [0.15, 0.2) is 77.7 Å². The van der Waals surface area contributed by atoms with E-state index in [4.69, 9.17) is 0 Å². The molecule has 0 saturated heterocycles. The molecule has 0 unspecified atom stereocenters. The van der Waals surface area contributed by atoms with Crippen LogP contribution in [0.5, 0.6) is 0 Å². The van der Waals surface area contributed by atoms with E-state index in [1.165, 1.54) is 55.6 Å². The molecule has 3 aromatic rings. The van der Waals surface area contributed by atoms with Crippen molar-refractivity contribution in [2.75, 3.05) is 23.3 Å². The second kappa shape index (κ2) is 9.61. The molecule has 0 aliphatic carbocycles. The lowest BCUT2D eigenvalue weighted by Crippen LogP contribution is -2.38. The predicted octanol–water partition coefficient (Wildman–Crippen LogP) is 3.75. The van der Waals surface area contributed by atoms with Crippen LogP contribution in [0, 0.1) is 12.7 Å². The Morgan fingerprint density at radius 3 is 2.34 bits per heavy atom. The second-order valence-electron chi connectivity index (χ2n) is 6.90. The standard InChI is InChI=1S/C23H21FN2O5S/c1-16-10-12-19(13-11-16)32(29,30)26(21-9-4-3-8-20(21)24)15-22(27)25-18-7-5-6-17(14-18)23(28)31-2/h3-14H,15H2,1-2H3,(H,25,27). The Morgan fingerprint density at radius 2 is 1.69 bits per heavy atom. The van der Waals surface area contributed by atoms with Crippen LogP contribution in [-0.4, -0.2) is 33.9 Å². The number of rotatable bonds is 7. The summed E-state index contributed by atoms with van der Waals surface area (Å²) in [6.45, 7) is 1.13. The van der Waals surface area contributed by atoms with Gasteiger partial charge in [0.2, 0.25) is 5.91 Å². The largest absolute Gasteiger partial charge is 0.465 e. The first-order valence-electron chi connectivity index (χ1n) is 9.54. The van der Waals surface area contributed by atoms with Gasteiger partial charge in [0.25, 0.3) is 10.0 Å². The van der Waals surface area contributed by atoms with Gasteiger partial charge in [-0.25, -0.2) is 17.6 Å². The molecule has 0 fully saturated rings. The quantitative estimate of drug-likeness (QED) is 0.547. The van der Waals surface area contributed by atoms with E-state index in [1.54, 1.807) is 25.1 Å². The van der Waals surface area contributed by atoms with Gasteiger partial charge in [0.05, 0.1) is 23.3 Å². The van der Waals surface area contributed by atoms with Gasteiger partial charge in [0.15, 0.2) is 0 Å². The summed E-state index contributed by atoms with van der Waals surface area (Å²) in [4.78, 5) is 24.4. The van der Waals surface area contributed by atoms with Gasteiger partial charge >= 0.3 is 5.97 Å². The van der Waals surface area contributed by atoms with Crippen molar-refractivity contribution in [1.29, 1.82) is 0 Å². The average Bonchev–Trinajstić information content (AvgIpc) is 2.78. The van der Waals surface area contributed by atoms with Gasteiger partial charge in [-0.05, 0) is 49.4 Å². The van der Waals surface area contributed by atoms with Crippen molar-refractivity contribution in [3.63, 3.8) is 0 Å². The summed E-state index contributed by atoms with van der Waals surface area (Å²) in [6.07, 6.45) is 0. The zero-order valence-corrected chi connectivity index (χ0v) is 18.2. The van der Waals surface area contributed by atoms with Crippen molar-refractivity contribution >= 4 is 33.3 Å². The molecule has 32 heavy (non-hydrogen) atoms. The highest BCUT2D eigenvalue weighted by Gasteiger charge is 2.29. The fourth-order valence-corrected chi connectivity index (χ4v) is 4.39. The number of hydrogen-bond acceptors (Lipinski definition) is 5. The molecule has 0 aliphatic heterocycles. The summed E-state index contributed by atoms with van der Waals surface area (Å²) in [5.41, 5.74) is 1.07. The molecular formula is C23H21FN2O5S. The van der Waals surface area contributed by atoms with Gasteiger partial charge in [-0.2, -0.15) is 0 Å². The maximum absolute atomic E-state index is 14.5. The van der Waals surface area contributed by atoms with Crippen LogP contribution in [0.2, 0.25) is 0 Å². The third-order valence-electron chi connectivity index (χ3n) is 4.58. The summed E-state index contributed by atoms with van der Waals surface area (Å²) >= 11 is 0. The highest BCUT2D eigenvalue weighted by molar-refractivity contribution is 7.92. The lowest BCUT2D eigenvalue weighted by atomic mass is 10.2. The van der Waals surface area contributed by atoms with Gasteiger partial charge in [-0.3, -0.25) is 9.10 Å². The molecule has 0 aliphatic rings. The van der Waals surface area contributed by atoms with Crippen molar-refractivity contribution in [1.82, 2.24) is 0 Å². The molecule has 3 rings (SSSR count). The molecule has 1 amide bonds. The minimum Gasteiger partial charge on any atom is -0.465 e. The normalized spacial score (nSPS) is 11.0. The van der Waals surface area contributed by atoms with Crippen LogP contribution >= 0.6 is 0 Å². The molecule has 0 aromatic heterocycles. The molecule has 7 nitrogen and oxygen atoms in total. The Kier molecular flexibility index (Phi) is 6.89. The molecule has 0 saturated carbocycles. The molecule has 0 spiro atoms. The number of aryl methyl sites for hydroxylation is 1. The fraction of sp³-hybridized carbons (Fsp3) is 0.130. The van der Waals surface area contributed by atoms with Crippen molar-refractivity contribution in [3.8, 4) is 0 Å². The third-order valence-corrected chi connectivity index (χ3v) is 6.36. The van der Waals surface area contributed by atoms with E-state index < -0.39 is 34.3 Å². The van der Waals surface area contributed by atoms with Crippen molar-refractivity contribution < 1.29 is 27.1 Å². The van der Waals surface area contributed by atoms with Crippen molar-refractivity contribution in [2.45, 2.75) is 11.8 Å². The number of nitrogens with zero attached hydrogens (tertiary/aromatic N) is 1. The van der Waals surface area contributed by atoms with Crippen molar-refractivity contribution in [2.24, 2.45) is 0 Å². The maximum Gasteiger partial charge on any atom is 0.337 e. The molecular weight excluding hydrogens is 435 g/mol. The van der Waals surface area contributed by atoms with Crippen LogP contribution in [0.25, 0.3) is 0 Å². The minimum absolute atomic E-state index is 0.0770. The van der Waals surface area contributed by atoms with E-state index in [2.05, 4.69) is 10.1 Å². The van der Waals surface area contributed by atoms with E-state index in [0.29, 0.717) is 4.31 Å². The zero-order chi connectivity index (χ0) is 23.3. The summed E-state index contributed by atoms with van der Waals surface area (Å²) in [6, 6.07) is 17.3. The first-order valence-corrected chi connectivity index (χ1v) is 11.0. The number of methoxy groups -OCH3 is 1. The number of anilines is 2. The summed E-state index contributed by atoms with van der Waals surface area (Å²) < 4.78 is 46.5. The summed E-state index contributed by atoms with van der Waals surface area (Å²) in [7, 11) is -3.02. The number of ether oxygens (including phenoxy) is 1. The number of halogens is 1. The van der Waals surface area contributed by atoms with Crippen LogP contribution < -0.4 is 9.62 Å². The number of nitrogens with one attached hydrogen (secondary N) is 1. The van der Waals surface area contributed by atoms with Crippen LogP contribution in [-0.2, 0) is 19.6 Å². The van der Waals surface area contributed by atoms with E-state index in [0.717, 1.165) is 11.6 Å². The molecule has 9 heteroatoms. The topological polar surface area (TPSA) is 92.8 Å². The smallest absolute Gasteiger partial charge is 0.337 e. The zero-order valence-electron chi connectivity index (χ0n) is 17.4. The highest BCUT2D eigenvalue weighted by atomic mass is 32.2. The number of benzene rings is 3. The Morgan fingerprint density at radius 1 is 1.00 bits per heavy atom. The number of carbonyl (C=O) groups is 2. The van der Waals surface area contributed by atoms with Crippen molar-refractivity contribution in [3.05, 3.63) is 89.7 Å². The van der Waals surface area contributed by atoms with Gasteiger partial charge in [-0.1, -0.05) is 35.9 Å². The van der Waals surface area contributed by atoms with E-state index in [9.17, 15) is 22.4 Å². The lowest BCUT2D eigenvalue weighted by Gasteiger charge is -2.24. The van der Waals surface area contributed by atoms with Crippen LogP contribution in [0.1, 0.15) is 15.9 Å². The monoisotopic (exact) mass is 456 g/mol. The number of amides is 1. The lowest BCUT2D eigenvalue weighted by molar-refractivity contribution is -0.114. The van der Waals surface area contributed by atoms with Crippen LogP contribution in [0.3, 0.4) is 0 Å². The Labute approximate surface area is 185 Å². The minimum atomic E-state index is -4.25. The molecule has 0 radical (unpaired) electrons. The SMILES string of the molecule is COC(=O)c1cccc(NC(=O)CN(c2ccccc2F)S(=O)(=O)c2ccc(C)cc2)c1. The third kappa shape index (κ3) is 5.12. The Balaban J connectivity index is 1.93. The van der Waals surface area contributed by atoms with Crippen LogP contribution in [0.4, 0.5) is 15.8 Å². The van der Waals surface area contributed by atoms with Gasteiger partial charge in [0.1, 0.15) is 12.4 Å². The van der Waals surface area contributed by atoms with E-state index >= 15 is 0 Å². The molecule has 1 N–H and O–H groups in total. The molecule has 0 atom stereocenters. The number of sulfonamides is 1. The Bertz CT molecular complexity index is 1240. The average molecular weight is 456 g/mol. The maximum atomic E-state index is 14.5. The second-order valence-corrected chi connectivity index (χ2v) is 8.76. The van der Waals surface area contributed by atoms with Gasteiger partial charge in [0, 0.05) is 5.69 Å². The molecule has 0 heterocycles. The Hall–Kier alpha value is -3.72. The molecule has 3 aromatic carbocycles.